The van der Waals surface area contributed by atoms with Gasteiger partial charge in [-0.15, -0.1) is 0 Å². The number of aryl methyl sites for hydroxylation is 1. The minimum absolute atomic E-state index is 0.354. The summed E-state index contributed by atoms with van der Waals surface area (Å²) in [6.45, 7) is 5.06. The maximum Gasteiger partial charge on any atom is 0.340 e. The number of unbranched alkanes of at least 4 members (excludes halogenated alkanes) is 1. The molecule has 37 heavy (non-hydrogen) atoms. The van der Waals surface area contributed by atoms with Crippen molar-refractivity contribution >= 4 is 23.0 Å². The van der Waals surface area contributed by atoms with Gasteiger partial charge < -0.3 is 20.1 Å². The molecule has 6 heteroatoms. The molecule has 1 spiro atoms. The molecule has 1 unspecified atom stereocenters. The molecule has 0 saturated carbocycles. The molecule has 4 aromatic carbocycles. The van der Waals surface area contributed by atoms with Crippen LogP contribution in [-0.4, -0.2) is 12.5 Å². The average Bonchev–Trinajstić information content (AvgIpc) is 3.20. The molecule has 0 amide bonds. The maximum absolute atomic E-state index is 14.4. The van der Waals surface area contributed by atoms with Gasteiger partial charge in [0.1, 0.15) is 17.3 Å². The van der Waals surface area contributed by atoms with Crippen molar-refractivity contribution in [3.05, 3.63) is 112 Å². The fraction of sp³-hybridized carbons (Fsp3) is 0.194. The number of para-hydroxylation sites is 1. The van der Waals surface area contributed by atoms with Crippen LogP contribution < -0.4 is 15.4 Å². The number of carbonyl (C=O) groups excluding carboxylic acids is 1. The van der Waals surface area contributed by atoms with Crippen LogP contribution >= 0.6 is 0 Å². The van der Waals surface area contributed by atoms with Crippen LogP contribution in [0.4, 0.5) is 21.5 Å². The van der Waals surface area contributed by atoms with Crippen LogP contribution in [0.2, 0.25) is 0 Å². The van der Waals surface area contributed by atoms with E-state index in [2.05, 4.69) is 17.6 Å². The number of carbonyl (C=O) groups is 1. The van der Waals surface area contributed by atoms with Crippen LogP contribution in [-0.2, 0) is 10.3 Å². The van der Waals surface area contributed by atoms with Gasteiger partial charge in [-0.2, -0.15) is 0 Å². The fourth-order valence-electron chi connectivity index (χ4n) is 5.21. The molecule has 0 radical (unpaired) electrons. The minimum Gasteiger partial charge on any atom is -0.456 e. The van der Waals surface area contributed by atoms with Gasteiger partial charge in [-0.3, -0.25) is 0 Å². The molecule has 5 nitrogen and oxygen atoms in total. The number of fused-ring (bicyclic) bond motifs is 6. The van der Waals surface area contributed by atoms with Gasteiger partial charge in [0.2, 0.25) is 0 Å². The Morgan fingerprint density at radius 3 is 2.49 bits per heavy atom. The summed E-state index contributed by atoms with van der Waals surface area (Å²) in [6, 6.07) is 23.5. The number of esters is 1. The third-order valence-electron chi connectivity index (χ3n) is 7.06. The van der Waals surface area contributed by atoms with E-state index in [9.17, 15) is 9.18 Å². The third-order valence-corrected chi connectivity index (χ3v) is 7.06. The summed E-state index contributed by atoms with van der Waals surface area (Å²) < 4.78 is 27.1. The van der Waals surface area contributed by atoms with Gasteiger partial charge in [0, 0.05) is 40.7 Å². The lowest BCUT2D eigenvalue weighted by molar-refractivity contribution is 0.0224. The van der Waals surface area contributed by atoms with Crippen molar-refractivity contribution in [3.63, 3.8) is 0 Å². The Labute approximate surface area is 215 Å². The van der Waals surface area contributed by atoms with Gasteiger partial charge in [0.25, 0.3) is 0 Å². The second-order valence-electron chi connectivity index (χ2n) is 9.48. The highest BCUT2D eigenvalue weighted by Gasteiger charge is 2.53. The summed E-state index contributed by atoms with van der Waals surface area (Å²) >= 11 is 0. The standard InChI is InChI=1S/C31H27FN2O3/c1-3-4-15-33-27-18-29-23(16-19(27)2)31(22-10-6-5-9-21(22)30(35)37-31)24-17-20(13-14-28(24)36-29)34-26-12-8-7-11-25(26)32/h5-14,16-18,33-34H,3-4,15H2,1-2H3. The molecule has 2 heterocycles. The lowest BCUT2D eigenvalue weighted by Gasteiger charge is -2.37. The zero-order valence-electron chi connectivity index (χ0n) is 20.7. The van der Waals surface area contributed by atoms with Gasteiger partial charge in [-0.05, 0) is 61.4 Å². The van der Waals surface area contributed by atoms with Gasteiger partial charge in [-0.1, -0.05) is 43.7 Å². The number of hydrogen-bond acceptors (Lipinski definition) is 5. The van der Waals surface area contributed by atoms with E-state index in [0.29, 0.717) is 34.0 Å². The predicted octanol–water partition coefficient (Wildman–Crippen LogP) is 7.66. The quantitative estimate of drug-likeness (QED) is 0.213. The Bertz CT molecular complexity index is 1530. The second kappa shape index (κ2) is 8.96. The van der Waals surface area contributed by atoms with E-state index in [1.807, 2.05) is 55.5 Å². The van der Waals surface area contributed by atoms with E-state index >= 15 is 0 Å². The molecule has 2 aliphatic heterocycles. The Hall–Kier alpha value is -4.32. The average molecular weight is 495 g/mol. The minimum atomic E-state index is -1.18. The molecule has 0 saturated heterocycles. The molecule has 6 rings (SSSR count). The zero-order valence-corrected chi connectivity index (χ0v) is 20.7. The number of rotatable bonds is 6. The molecule has 1 atom stereocenters. The zero-order chi connectivity index (χ0) is 25.6. The summed E-state index contributed by atoms with van der Waals surface area (Å²) in [5.74, 6) is 0.480. The number of nitrogens with one attached hydrogen (secondary N) is 2. The summed E-state index contributed by atoms with van der Waals surface area (Å²) in [5, 5.41) is 6.66. The molecule has 2 N–H and O–H groups in total. The molecule has 186 valence electrons. The number of ether oxygens (including phenoxy) is 2. The number of benzene rings is 4. The fourth-order valence-corrected chi connectivity index (χ4v) is 5.21. The molecule has 2 aliphatic rings. The first kappa shape index (κ1) is 23.1. The first-order valence-electron chi connectivity index (χ1n) is 12.6. The highest BCUT2D eigenvalue weighted by atomic mass is 19.1. The van der Waals surface area contributed by atoms with Gasteiger partial charge in [-0.25, -0.2) is 9.18 Å². The Morgan fingerprint density at radius 2 is 1.65 bits per heavy atom. The predicted molar refractivity (Wildman–Crippen MR) is 143 cm³/mol. The molecule has 0 fully saturated rings. The topological polar surface area (TPSA) is 59.6 Å². The normalized spacial score (nSPS) is 16.9. The monoisotopic (exact) mass is 494 g/mol. The van der Waals surface area contributed by atoms with E-state index in [4.69, 9.17) is 9.47 Å². The Kier molecular flexibility index (Phi) is 5.60. The number of halogens is 1. The van der Waals surface area contributed by atoms with Gasteiger partial charge >= 0.3 is 5.97 Å². The van der Waals surface area contributed by atoms with Crippen molar-refractivity contribution < 1.29 is 18.7 Å². The van der Waals surface area contributed by atoms with Gasteiger partial charge in [0.05, 0.1) is 11.3 Å². The first-order valence-corrected chi connectivity index (χ1v) is 12.6. The highest BCUT2D eigenvalue weighted by molar-refractivity contribution is 5.97. The van der Waals surface area contributed by atoms with Gasteiger partial charge in [0.15, 0.2) is 5.60 Å². The van der Waals surface area contributed by atoms with E-state index < -0.39 is 5.60 Å². The SMILES string of the molecule is CCCCNc1cc2c(cc1C)C1(OC(=O)c3ccccc31)c1cc(Nc3ccccc3F)ccc1O2. The first-order chi connectivity index (χ1) is 18.0. The van der Waals surface area contributed by atoms with Crippen LogP contribution in [0.3, 0.4) is 0 Å². The lowest BCUT2D eigenvalue weighted by atomic mass is 9.77. The summed E-state index contributed by atoms with van der Waals surface area (Å²) in [7, 11) is 0. The smallest absolute Gasteiger partial charge is 0.340 e. The molecular formula is C31H27FN2O3. The largest absolute Gasteiger partial charge is 0.456 e. The number of anilines is 3. The maximum atomic E-state index is 14.4. The Balaban J connectivity index is 1.53. The van der Waals surface area contributed by atoms with Crippen molar-refractivity contribution in [2.75, 3.05) is 17.2 Å². The van der Waals surface area contributed by atoms with Crippen molar-refractivity contribution in [1.82, 2.24) is 0 Å². The molecule has 0 bridgehead atoms. The van der Waals surface area contributed by atoms with Crippen molar-refractivity contribution in [1.29, 1.82) is 0 Å². The van der Waals surface area contributed by atoms with Crippen molar-refractivity contribution in [2.24, 2.45) is 0 Å². The summed E-state index contributed by atoms with van der Waals surface area (Å²) in [4.78, 5) is 13.2. The highest BCUT2D eigenvalue weighted by Crippen LogP contribution is 2.57. The summed E-state index contributed by atoms with van der Waals surface area (Å²) in [6.07, 6.45) is 2.16. The lowest BCUT2D eigenvalue weighted by Crippen LogP contribution is -2.33. The third kappa shape index (κ3) is 3.71. The van der Waals surface area contributed by atoms with Crippen LogP contribution in [0, 0.1) is 12.7 Å². The van der Waals surface area contributed by atoms with Crippen LogP contribution in [0.1, 0.15) is 52.4 Å². The molecular weight excluding hydrogens is 467 g/mol. The molecule has 4 aromatic rings. The van der Waals surface area contributed by atoms with Crippen LogP contribution in [0.25, 0.3) is 0 Å². The summed E-state index contributed by atoms with van der Waals surface area (Å²) in [5.41, 5.74) is 4.59. The van der Waals surface area contributed by atoms with Crippen LogP contribution in [0.5, 0.6) is 11.5 Å². The Morgan fingerprint density at radius 1 is 0.865 bits per heavy atom. The number of hydrogen-bond donors (Lipinski definition) is 2. The van der Waals surface area contributed by atoms with Crippen molar-refractivity contribution in [2.45, 2.75) is 32.3 Å². The molecule has 0 aliphatic carbocycles. The van der Waals surface area contributed by atoms with E-state index in [0.717, 1.165) is 41.8 Å². The second-order valence-corrected chi connectivity index (χ2v) is 9.48. The van der Waals surface area contributed by atoms with Crippen LogP contribution in [0.15, 0.2) is 78.9 Å². The molecule has 0 aromatic heterocycles. The van der Waals surface area contributed by atoms with E-state index in [1.54, 1.807) is 24.3 Å². The van der Waals surface area contributed by atoms with E-state index in [-0.39, 0.29) is 11.8 Å². The van der Waals surface area contributed by atoms with E-state index in [1.165, 1.54) is 6.07 Å². The van der Waals surface area contributed by atoms with Crippen molar-refractivity contribution in [3.8, 4) is 11.5 Å².